The minimum Gasteiger partial charge on any atom is -0.350 e. The van der Waals surface area contributed by atoms with E-state index in [9.17, 15) is 0 Å². The summed E-state index contributed by atoms with van der Waals surface area (Å²) in [5.74, 6) is 0.470. The maximum Gasteiger partial charge on any atom is 0.0516 e. The van der Waals surface area contributed by atoms with E-state index in [2.05, 4.69) is 119 Å². The normalized spacial score (nSPS) is 11.6. The van der Waals surface area contributed by atoms with Crippen LogP contribution in [0.4, 0.5) is 0 Å². The molecule has 0 amide bonds. The van der Waals surface area contributed by atoms with Gasteiger partial charge in [-0.25, -0.2) is 0 Å². The Labute approximate surface area is 296 Å². The van der Waals surface area contributed by atoms with Crippen LogP contribution in [0.15, 0.2) is 134 Å². The number of benzene rings is 5. The van der Waals surface area contributed by atoms with E-state index in [0.29, 0.717) is 5.92 Å². The van der Waals surface area contributed by atoms with E-state index in [-0.39, 0.29) is 20.1 Å². The van der Waals surface area contributed by atoms with E-state index in [1.165, 1.54) is 63.8 Å². The topological polar surface area (TPSA) is 30.2 Å². The Morgan fingerprint density at radius 1 is 0.604 bits per heavy atom. The number of hydrogen-bond acceptors (Lipinski definition) is 3. The predicted molar refractivity (Wildman–Crippen MR) is 199 cm³/mol. The smallest absolute Gasteiger partial charge is 0.0516 e. The van der Waals surface area contributed by atoms with Crippen LogP contribution in [-0.4, -0.2) is 14.4 Å². The van der Waals surface area contributed by atoms with Gasteiger partial charge < -0.3 is 14.4 Å². The molecule has 0 aliphatic heterocycles. The van der Waals surface area contributed by atoms with Crippen LogP contribution in [-0.2, 0) is 20.1 Å². The van der Waals surface area contributed by atoms with Gasteiger partial charge in [0, 0.05) is 69.0 Å². The van der Waals surface area contributed by atoms with Crippen LogP contribution in [0, 0.1) is 12.1 Å². The van der Waals surface area contributed by atoms with Crippen molar-refractivity contribution in [3.63, 3.8) is 0 Å². The Kier molecular flexibility index (Phi) is 7.77. The first-order chi connectivity index (χ1) is 23.2. The summed E-state index contributed by atoms with van der Waals surface area (Å²) in [6.45, 7) is 4.44. The molecule has 5 aromatic carbocycles. The average molecular weight is 812 g/mol. The molecule has 0 aliphatic carbocycles. The van der Waals surface area contributed by atoms with Crippen molar-refractivity contribution in [1.82, 2.24) is 14.4 Å². The molecule has 0 aliphatic rings. The number of aromatic nitrogens is 3. The van der Waals surface area contributed by atoms with Gasteiger partial charge >= 0.3 is 0 Å². The SMILES string of the molecule is CC(C)c1ccnc(-c2[c-]cc3c(c2)c2cccc4c5c6c(ccc5n3c24)sc2ccccc26)c1.[Ir].[c-]1ccccc1-c1ccccn1. The summed E-state index contributed by atoms with van der Waals surface area (Å²) in [4.78, 5) is 8.89. The number of hydrogen-bond donors (Lipinski definition) is 0. The van der Waals surface area contributed by atoms with Crippen LogP contribution in [0.2, 0.25) is 0 Å². The average Bonchev–Trinajstić information content (AvgIpc) is 3.79. The van der Waals surface area contributed by atoms with Gasteiger partial charge in [0.2, 0.25) is 0 Å². The molecule has 0 bridgehead atoms. The zero-order valence-electron chi connectivity index (χ0n) is 26.4. The van der Waals surface area contributed by atoms with Gasteiger partial charge in [0.25, 0.3) is 0 Å². The van der Waals surface area contributed by atoms with Gasteiger partial charge in [-0.3, -0.25) is 0 Å². The van der Waals surface area contributed by atoms with Crippen molar-refractivity contribution in [2.24, 2.45) is 0 Å². The maximum atomic E-state index is 4.67. The fraction of sp³-hybridized carbons (Fsp3) is 0.0698. The van der Waals surface area contributed by atoms with Crippen LogP contribution in [0.3, 0.4) is 0 Å². The molecule has 0 atom stereocenters. The first-order valence-corrected chi connectivity index (χ1v) is 16.8. The van der Waals surface area contributed by atoms with Gasteiger partial charge in [-0.2, -0.15) is 0 Å². The largest absolute Gasteiger partial charge is 0.350 e. The number of pyridine rings is 2. The number of fused-ring (bicyclic) bond motifs is 10. The molecular weight excluding hydrogens is 783 g/mol. The third kappa shape index (κ3) is 4.89. The summed E-state index contributed by atoms with van der Waals surface area (Å²) in [6.07, 6.45) is 3.70. The Morgan fingerprint density at radius 2 is 1.42 bits per heavy atom. The first-order valence-electron chi connectivity index (χ1n) is 15.9. The molecule has 233 valence electrons. The van der Waals surface area contributed by atoms with Crippen LogP contribution in [0.1, 0.15) is 25.3 Å². The van der Waals surface area contributed by atoms with Gasteiger partial charge in [0.15, 0.2) is 0 Å². The summed E-state index contributed by atoms with van der Waals surface area (Å²) in [6, 6.07) is 49.2. The third-order valence-electron chi connectivity index (χ3n) is 9.13. The number of rotatable bonds is 3. The van der Waals surface area contributed by atoms with Crippen molar-refractivity contribution in [3.8, 4) is 22.5 Å². The quantitative estimate of drug-likeness (QED) is 0.166. The van der Waals surface area contributed by atoms with Crippen molar-refractivity contribution in [2.75, 3.05) is 0 Å². The van der Waals surface area contributed by atoms with Gasteiger partial charge in [0.05, 0.1) is 5.52 Å². The van der Waals surface area contributed by atoms with Gasteiger partial charge in [-0.15, -0.1) is 71.0 Å². The van der Waals surface area contributed by atoms with Crippen molar-refractivity contribution in [1.29, 1.82) is 0 Å². The fourth-order valence-corrected chi connectivity index (χ4v) is 8.01. The minimum absolute atomic E-state index is 0. The number of nitrogens with zero attached hydrogens (tertiary/aromatic N) is 3. The molecule has 5 heteroatoms. The first kappa shape index (κ1) is 30.4. The van der Waals surface area contributed by atoms with Crippen molar-refractivity contribution in [2.45, 2.75) is 19.8 Å². The minimum atomic E-state index is 0. The van der Waals surface area contributed by atoms with Crippen molar-refractivity contribution < 1.29 is 20.1 Å². The third-order valence-corrected chi connectivity index (χ3v) is 10.3. The Bertz CT molecular complexity index is 2670. The fourth-order valence-electron chi connectivity index (χ4n) is 6.90. The Hall–Kier alpha value is -4.93. The van der Waals surface area contributed by atoms with E-state index in [0.717, 1.165) is 22.5 Å². The molecule has 0 fully saturated rings. The van der Waals surface area contributed by atoms with Gasteiger partial charge in [0.1, 0.15) is 0 Å². The van der Waals surface area contributed by atoms with Crippen LogP contribution < -0.4 is 0 Å². The second kappa shape index (κ2) is 12.3. The molecule has 10 rings (SSSR count). The summed E-state index contributed by atoms with van der Waals surface area (Å²) in [5.41, 5.74) is 9.11. The summed E-state index contributed by atoms with van der Waals surface area (Å²) >= 11 is 1.88. The number of thiophene rings is 1. The van der Waals surface area contributed by atoms with E-state index in [1.807, 2.05) is 60.0 Å². The molecule has 0 unspecified atom stereocenters. The van der Waals surface area contributed by atoms with E-state index in [1.54, 1.807) is 6.20 Å². The Balaban J connectivity index is 0.000000220. The summed E-state index contributed by atoms with van der Waals surface area (Å²) < 4.78 is 5.14. The maximum absolute atomic E-state index is 4.67. The molecule has 10 aromatic rings. The van der Waals surface area contributed by atoms with Crippen LogP contribution in [0.5, 0.6) is 0 Å². The summed E-state index contributed by atoms with van der Waals surface area (Å²) in [7, 11) is 0. The molecule has 3 nitrogen and oxygen atoms in total. The standard InChI is InChI=1S/C32H21N2S.C11H8N.Ir/c1-18(2)19-14-15-33-25(17-19)20-10-11-26-24(16-20)21-7-5-8-23-30-27(34(26)32(21)23)12-13-29-31(30)22-6-3-4-9-28(22)35-29;1-2-6-10(7-3-1)11-8-4-5-9-12-11;/h3-9,11-18H,1-2H3;1-6,8-9H;/q2*-1;. The molecule has 0 saturated carbocycles. The zero-order valence-corrected chi connectivity index (χ0v) is 29.6. The van der Waals surface area contributed by atoms with E-state index >= 15 is 0 Å². The molecular formula is C43H29IrN3S-2. The number of para-hydroxylation sites is 1. The van der Waals surface area contributed by atoms with Gasteiger partial charge in [-0.05, 0) is 58.5 Å². The van der Waals surface area contributed by atoms with Crippen LogP contribution in [0.25, 0.3) is 80.8 Å². The second-order valence-corrected chi connectivity index (χ2v) is 13.3. The molecule has 1 radical (unpaired) electrons. The van der Waals surface area contributed by atoms with Crippen LogP contribution >= 0.6 is 11.3 Å². The van der Waals surface area contributed by atoms with E-state index in [4.69, 9.17) is 0 Å². The van der Waals surface area contributed by atoms with E-state index < -0.39 is 0 Å². The van der Waals surface area contributed by atoms with Crippen molar-refractivity contribution in [3.05, 3.63) is 151 Å². The summed E-state index contributed by atoms with van der Waals surface area (Å²) in [5, 5.41) is 7.95. The molecule has 5 heterocycles. The predicted octanol–water partition coefficient (Wildman–Crippen LogP) is 11.7. The second-order valence-electron chi connectivity index (χ2n) is 12.2. The monoisotopic (exact) mass is 812 g/mol. The van der Waals surface area contributed by atoms with Crippen molar-refractivity contribution >= 4 is 69.6 Å². The Morgan fingerprint density at radius 3 is 2.25 bits per heavy atom. The molecule has 0 saturated heterocycles. The molecule has 0 N–H and O–H groups in total. The molecule has 5 aromatic heterocycles. The molecule has 48 heavy (non-hydrogen) atoms. The zero-order chi connectivity index (χ0) is 31.5. The molecule has 0 spiro atoms. The van der Waals surface area contributed by atoms with Gasteiger partial charge in [-0.1, -0.05) is 79.4 Å².